The molecule has 4 atom stereocenters. The van der Waals surface area contributed by atoms with Crippen LogP contribution < -0.4 is 10.5 Å². The molecule has 17 heavy (non-hydrogen) atoms. The third-order valence-corrected chi connectivity index (χ3v) is 5.91. The summed E-state index contributed by atoms with van der Waals surface area (Å²) in [6, 6.07) is 0. The molecule has 4 unspecified atom stereocenters. The van der Waals surface area contributed by atoms with Gasteiger partial charge in [0, 0.05) is 19.0 Å². The van der Waals surface area contributed by atoms with Crippen LogP contribution >= 0.6 is 0 Å². The highest BCUT2D eigenvalue weighted by Crippen LogP contribution is 2.38. The molecule has 100 valence electrons. The molecular formula is C11H22N2O3S. The first-order valence-corrected chi connectivity index (χ1v) is 7.95. The Hall–Kier alpha value is -0.170. The molecule has 0 aromatic carbocycles. The van der Waals surface area contributed by atoms with Crippen LogP contribution in [-0.4, -0.2) is 39.0 Å². The van der Waals surface area contributed by atoms with Crippen molar-refractivity contribution in [3.05, 3.63) is 0 Å². The number of sulfonamides is 1. The lowest BCUT2D eigenvalue weighted by atomic mass is 9.89. The van der Waals surface area contributed by atoms with Crippen LogP contribution in [0.3, 0.4) is 0 Å². The monoisotopic (exact) mass is 262 g/mol. The summed E-state index contributed by atoms with van der Waals surface area (Å²) in [7, 11) is -3.26. The summed E-state index contributed by atoms with van der Waals surface area (Å²) >= 11 is 0. The molecule has 0 spiro atoms. The number of nitrogens with one attached hydrogen (secondary N) is 1. The van der Waals surface area contributed by atoms with E-state index in [-0.39, 0.29) is 12.6 Å². The summed E-state index contributed by atoms with van der Waals surface area (Å²) in [5, 5.41) is -0.470. The van der Waals surface area contributed by atoms with E-state index in [1.807, 2.05) is 6.92 Å². The molecule has 2 aliphatic heterocycles. The Labute approximate surface area is 103 Å². The summed E-state index contributed by atoms with van der Waals surface area (Å²) in [5.41, 5.74) is 5.47. The highest BCUT2D eigenvalue weighted by molar-refractivity contribution is 7.90. The summed E-state index contributed by atoms with van der Waals surface area (Å²) < 4.78 is 32.3. The Balaban J connectivity index is 1.85. The molecule has 3 N–H and O–H groups in total. The molecule has 0 aromatic heterocycles. The predicted molar refractivity (Wildman–Crippen MR) is 66.1 cm³/mol. The Morgan fingerprint density at radius 3 is 2.71 bits per heavy atom. The number of fused-ring (bicyclic) bond motifs is 2. The molecule has 0 amide bonds. The van der Waals surface area contributed by atoms with E-state index in [1.165, 1.54) is 0 Å². The fourth-order valence-electron chi connectivity index (χ4n) is 2.81. The van der Waals surface area contributed by atoms with Crippen molar-refractivity contribution in [1.29, 1.82) is 0 Å². The number of rotatable bonds is 6. The minimum Gasteiger partial charge on any atom is -0.375 e. The zero-order valence-corrected chi connectivity index (χ0v) is 11.1. The Bertz CT molecular complexity index is 354. The minimum absolute atomic E-state index is 0.180. The van der Waals surface area contributed by atoms with Crippen LogP contribution in [0.2, 0.25) is 0 Å². The lowest BCUT2D eigenvalue weighted by molar-refractivity contribution is 0.0932. The third kappa shape index (κ3) is 2.81. The summed E-state index contributed by atoms with van der Waals surface area (Å²) in [5.74, 6) is 0.346. The standard InChI is InChI=1S/C11H22N2O3S/c1-2-10(6-12)17(14,15)13-7-8-5-9-3-4-11(8)16-9/h8-11,13H,2-7,12H2,1H3. The number of ether oxygens (including phenoxy) is 1. The van der Waals surface area contributed by atoms with Crippen LogP contribution in [0.5, 0.6) is 0 Å². The molecule has 0 aromatic rings. The van der Waals surface area contributed by atoms with Crippen LogP contribution in [0.4, 0.5) is 0 Å². The van der Waals surface area contributed by atoms with Crippen LogP contribution in [0, 0.1) is 5.92 Å². The maximum atomic E-state index is 11.9. The normalized spacial score (nSPS) is 34.1. The van der Waals surface area contributed by atoms with E-state index in [0.717, 1.165) is 19.3 Å². The van der Waals surface area contributed by atoms with E-state index in [4.69, 9.17) is 10.5 Å². The lowest BCUT2D eigenvalue weighted by Gasteiger charge is -2.21. The van der Waals surface area contributed by atoms with E-state index in [1.54, 1.807) is 0 Å². The number of nitrogens with two attached hydrogens (primary N) is 1. The van der Waals surface area contributed by atoms with Gasteiger partial charge >= 0.3 is 0 Å². The van der Waals surface area contributed by atoms with Gasteiger partial charge in [-0.3, -0.25) is 0 Å². The van der Waals surface area contributed by atoms with Crippen molar-refractivity contribution in [3.63, 3.8) is 0 Å². The Morgan fingerprint density at radius 1 is 1.47 bits per heavy atom. The van der Waals surface area contributed by atoms with Gasteiger partial charge in [0.25, 0.3) is 0 Å². The zero-order chi connectivity index (χ0) is 12.5. The van der Waals surface area contributed by atoms with Gasteiger partial charge in [0.05, 0.1) is 17.5 Å². The summed E-state index contributed by atoms with van der Waals surface area (Å²) in [6.07, 6.45) is 4.39. The quantitative estimate of drug-likeness (QED) is 0.717. The minimum atomic E-state index is -3.26. The summed E-state index contributed by atoms with van der Waals surface area (Å²) in [4.78, 5) is 0. The predicted octanol–water partition coefficient (Wildman–Crippen LogP) is 0.211. The third-order valence-electron chi connectivity index (χ3n) is 3.94. The van der Waals surface area contributed by atoms with E-state index in [0.29, 0.717) is 25.0 Å². The van der Waals surface area contributed by atoms with Crippen molar-refractivity contribution in [3.8, 4) is 0 Å². The van der Waals surface area contributed by atoms with Crippen molar-refractivity contribution in [2.45, 2.75) is 50.1 Å². The van der Waals surface area contributed by atoms with Gasteiger partial charge in [-0.25, -0.2) is 13.1 Å². The zero-order valence-electron chi connectivity index (χ0n) is 10.3. The number of hydrogen-bond acceptors (Lipinski definition) is 4. The molecule has 0 saturated carbocycles. The van der Waals surface area contributed by atoms with Gasteiger partial charge in [0.2, 0.25) is 10.0 Å². The highest BCUT2D eigenvalue weighted by atomic mass is 32.2. The lowest BCUT2D eigenvalue weighted by Crippen LogP contribution is -2.42. The number of hydrogen-bond donors (Lipinski definition) is 2. The Morgan fingerprint density at radius 2 is 2.24 bits per heavy atom. The average molecular weight is 262 g/mol. The van der Waals surface area contributed by atoms with Crippen molar-refractivity contribution in [1.82, 2.24) is 4.72 Å². The molecule has 6 heteroatoms. The molecule has 2 aliphatic rings. The van der Waals surface area contributed by atoms with Crippen molar-refractivity contribution in [2.75, 3.05) is 13.1 Å². The maximum Gasteiger partial charge on any atom is 0.215 e. The van der Waals surface area contributed by atoms with E-state index in [2.05, 4.69) is 4.72 Å². The molecule has 2 rings (SSSR count). The van der Waals surface area contributed by atoms with E-state index in [9.17, 15) is 8.42 Å². The van der Waals surface area contributed by atoms with Crippen molar-refractivity contribution >= 4 is 10.0 Å². The van der Waals surface area contributed by atoms with Gasteiger partial charge in [-0.2, -0.15) is 0 Å². The fraction of sp³-hybridized carbons (Fsp3) is 1.00. The largest absolute Gasteiger partial charge is 0.375 e. The molecule has 0 radical (unpaired) electrons. The summed E-state index contributed by atoms with van der Waals surface area (Å²) in [6.45, 7) is 2.52. The van der Waals surface area contributed by atoms with Gasteiger partial charge in [-0.1, -0.05) is 6.92 Å². The molecule has 0 aliphatic carbocycles. The molecule has 2 saturated heterocycles. The SMILES string of the molecule is CCC(CN)S(=O)(=O)NCC1CC2CCC1O2. The smallest absolute Gasteiger partial charge is 0.215 e. The molecule has 5 nitrogen and oxygen atoms in total. The van der Waals surface area contributed by atoms with Crippen molar-refractivity contribution < 1.29 is 13.2 Å². The van der Waals surface area contributed by atoms with E-state index < -0.39 is 15.3 Å². The molecule has 2 heterocycles. The second kappa shape index (κ2) is 5.22. The van der Waals surface area contributed by atoms with Crippen LogP contribution in [-0.2, 0) is 14.8 Å². The van der Waals surface area contributed by atoms with E-state index >= 15 is 0 Å². The molecular weight excluding hydrogens is 240 g/mol. The van der Waals surface area contributed by atoms with Crippen LogP contribution in [0.15, 0.2) is 0 Å². The van der Waals surface area contributed by atoms with Gasteiger partial charge in [0.15, 0.2) is 0 Å². The molecule has 2 fully saturated rings. The highest BCUT2D eigenvalue weighted by Gasteiger charge is 2.41. The van der Waals surface area contributed by atoms with Gasteiger partial charge in [0.1, 0.15) is 0 Å². The first-order chi connectivity index (χ1) is 8.06. The van der Waals surface area contributed by atoms with Crippen LogP contribution in [0.1, 0.15) is 32.6 Å². The van der Waals surface area contributed by atoms with Crippen LogP contribution in [0.25, 0.3) is 0 Å². The average Bonchev–Trinajstić information content (AvgIpc) is 2.89. The Kier molecular flexibility index (Phi) is 4.07. The first-order valence-electron chi connectivity index (χ1n) is 6.40. The topological polar surface area (TPSA) is 81.4 Å². The molecule has 2 bridgehead atoms. The van der Waals surface area contributed by atoms with Gasteiger partial charge in [-0.15, -0.1) is 0 Å². The second-order valence-corrected chi connectivity index (χ2v) is 7.07. The second-order valence-electron chi connectivity index (χ2n) is 5.03. The van der Waals surface area contributed by atoms with Gasteiger partial charge in [-0.05, 0) is 25.7 Å². The van der Waals surface area contributed by atoms with Gasteiger partial charge < -0.3 is 10.5 Å². The first kappa shape index (κ1) is 13.3. The van der Waals surface area contributed by atoms with Crippen molar-refractivity contribution in [2.24, 2.45) is 11.7 Å². The fourth-order valence-corrected chi connectivity index (χ4v) is 4.19. The maximum absolute atomic E-state index is 11.9.